The molecule has 1 amide bonds. The van der Waals surface area contributed by atoms with Gasteiger partial charge >= 0.3 is 6.61 Å². The first kappa shape index (κ1) is 19.1. The molecule has 0 spiro atoms. The molecule has 0 aliphatic carbocycles. The molecule has 2 aromatic carbocycles. The highest BCUT2D eigenvalue weighted by Gasteiger charge is 2.21. The van der Waals surface area contributed by atoms with Crippen LogP contribution < -0.4 is 19.7 Å². The van der Waals surface area contributed by atoms with E-state index in [4.69, 9.17) is 4.74 Å². The van der Waals surface area contributed by atoms with Crippen molar-refractivity contribution in [2.75, 3.05) is 25.1 Å². The monoisotopic (exact) mass is 376 g/mol. The number of hydrogen-bond acceptors (Lipinski definition) is 4. The maximum absolute atomic E-state index is 12.6. The Hall–Kier alpha value is -2.67. The van der Waals surface area contributed by atoms with Crippen molar-refractivity contribution in [2.45, 2.75) is 26.0 Å². The van der Waals surface area contributed by atoms with Crippen LogP contribution in [-0.2, 0) is 17.8 Å². The standard InChI is InChI=1S/C20H22F2N2O3/c1-26-18-11-14(8-9-17(18)27-20(21)22)12-23-13-19(25)24-10-4-6-15-5-2-3-7-16(15)24/h2-3,5,7-9,11,20,23H,4,6,10,12-13H2,1H3. The zero-order valence-corrected chi connectivity index (χ0v) is 15.1. The largest absolute Gasteiger partial charge is 0.493 e. The Morgan fingerprint density at radius 2 is 2.04 bits per heavy atom. The van der Waals surface area contributed by atoms with Gasteiger partial charge in [0.25, 0.3) is 0 Å². The lowest BCUT2D eigenvalue weighted by atomic mass is 10.0. The summed E-state index contributed by atoms with van der Waals surface area (Å²) < 4.78 is 34.3. The average molecular weight is 376 g/mol. The van der Waals surface area contributed by atoms with Crippen molar-refractivity contribution < 1.29 is 23.0 Å². The van der Waals surface area contributed by atoms with Gasteiger partial charge in [-0.05, 0) is 42.2 Å². The van der Waals surface area contributed by atoms with E-state index in [0.29, 0.717) is 13.1 Å². The van der Waals surface area contributed by atoms with Crippen molar-refractivity contribution in [2.24, 2.45) is 0 Å². The van der Waals surface area contributed by atoms with Gasteiger partial charge in [0.15, 0.2) is 11.5 Å². The summed E-state index contributed by atoms with van der Waals surface area (Å²) in [5, 5.41) is 3.11. The minimum absolute atomic E-state index is 0.00627. The van der Waals surface area contributed by atoms with Crippen LogP contribution in [0.2, 0.25) is 0 Å². The minimum atomic E-state index is -2.91. The summed E-state index contributed by atoms with van der Waals surface area (Å²) >= 11 is 0. The summed E-state index contributed by atoms with van der Waals surface area (Å²) in [4.78, 5) is 14.4. The molecule has 0 saturated heterocycles. The van der Waals surface area contributed by atoms with Crippen LogP contribution in [0, 0.1) is 0 Å². The first-order valence-electron chi connectivity index (χ1n) is 8.79. The van der Waals surface area contributed by atoms with Crippen molar-refractivity contribution in [1.82, 2.24) is 5.32 Å². The number of aryl methyl sites for hydroxylation is 1. The van der Waals surface area contributed by atoms with Crippen LogP contribution in [0.15, 0.2) is 42.5 Å². The van der Waals surface area contributed by atoms with Gasteiger partial charge in [0.2, 0.25) is 5.91 Å². The number of para-hydroxylation sites is 1. The SMILES string of the molecule is COc1cc(CNCC(=O)N2CCCc3ccccc32)ccc1OC(F)F. The number of amides is 1. The molecule has 0 unspecified atom stereocenters. The first-order chi connectivity index (χ1) is 13.1. The number of alkyl halides is 2. The van der Waals surface area contributed by atoms with Crippen molar-refractivity contribution >= 4 is 11.6 Å². The summed E-state index contributed by atoms with van der Waals surface area (Å²) in [6.07, 6.45) is 1.94. The molecule has 7 heteroatoms. The lowest BCUT2D eigenvalue weighted by Crippen LogP contribution is -2.41. The second-order valence-electron chi connectivity index (χ2n) is 6.24. The molecule has 0 fully saturated rings. The van der Waals surface area contributed by atoms with E-state index in [0.717, 1.165) is 24.1 Å². The van der Waals surface area contributed by atoms with Gasteiger partial charge in [0.1, 0.15) is 0 Å². The van der Waals surface area contributed by atoms with Gasteiger partial charge in [-0.15, -0.1) is 0 Å². The molecule has 3 rings (SSSR count). The Morgan fingerprint density at radius 3 is 2.81 bits per heavy atom. The lowest BCUT2D eigenvalue weighted by molar-refractivity contribution is -0.117. The van der Waals surface area contributed by atoms with Crippen molar-refractivity contribution in [3.63, 3.8) is 0 Å². The first-order valence-corrected chi connectivity index (χ1v) is 8.79. The number of fused-ring (bicyclic) bond motifs is 1. The van der Waals surface area contributed by atoms with Gasteiger partial charge in [-0.2, -0.15) is 8.78 Å². The average Bonchev–Trinajstić information content (AvgIpc) is 2.68. The molecular formula is C20H22F2N2O3. The lowest BCUT2D eigenvalue weighted by Gasteiger charge is -2.29. The molecule has 2 aromatic rings. The normalized spacial score (nSPS) is 13.4. The second kappa shape index (κ2) is 8.81. The van der Waals surface area contributed by atoms with E-state index >= 15 is 0 Å². The van der Waals surface area contributed by atoms with Gasteiger partial charge < -0.3 is 19.7 Å². The smallest absolute Gasteiger partial charge is 0.387 e. The van der Waals surface area contributed by atoms with Crippen LogP contribution in [0.25, 0.3) is 0 Å². The molecule has 1 N–H and O–H groups in total. The third kappa shape index (κ3) is 4.74. The highest BCUT2D eigenvalue weighted by molar-refractivity contribution is 5.95. The van der Waals surface area contributed by atoms with Gasteiger partial charge in [-0.3, -0.25) is 4.79 Å². The van der Waals surface area contributed by atoms with Gasteiger partial charge in [-0.1, -0.05) is 24.3 Å². The quantitative estimate of drug-likeness (QED) is 0.805. The van der Waals surface area contributed by atoms with Crippen molar-refractivity contribution in [1.29, 1.82) is 0 Å². The Bertz CT molecular complexity index is 799. The maximum Gasteiger partial charge on any atom is 0.387 e. The molecular weight excluding hydrogens is 354 g/mol. The Labute approximate surface area is 156 Å². The van der Waals surface area contributed by atoms with Gasteiger partial charge in [-0.25, -0.2) is 0 Å². The number of halogens is 2. The van der Waals surface area contributed by atoms with Crippen LogP contribution in [-0.4, -0.2) is 32.7 Å². The number of benzene rings is 2. The number of methoxy groups -OCH3 is 1. The van der Waals surface area contributed by atoms with Crippen molar-refractivity contribution in [3.8, 4) is 11.5 Å². The third-order valence-corrected chi connectivity index (χ3v) is 4.46. The zero-order valence-electron chi connectivity index (χ0n) is 15.1. The number of carbonyl (C=O) groups excluding carboxylic acids is 1. The second-order valence-corrected chi connectivity index (χ2v) is 6.24. The molecule has 0 aromatic heterocycles. The minimum Gasteiger partial charge on any atom is -0.493 e. The van der Waals surface area contributed by atoms with E-state index in [1.165, 1.54) is 18.7 Å². The van der Waals surface area contributed by atoms with E-state index < -0.39 is 6.61 Å². The highest BCUT2D eigenvalue weighted by atomic mass is 19.3. The predicted octanol–water partition coefficient (Wildman–Crippen LogP) is 3.37. The Morgan fingerprint density at radius 1 is 1.22 bits per heavy atom. The molecule has 0 radical (unpaired) electrons. The maximum atomic E-state index is 12.6. The van der Waals surface area contributed by atoms with Gasteiger partial charge in [0.05, 0.1) is 13.7 Å². The fourth-order valence-electron chi connectivity index (χ4n) is 3.22. The van der Waals surface area contributed by atoms with Crippen LogP contribution in [0.3, 0.4) is 0 Å². The van der Waals surface area contributed by atoms with Crippen molar-refractivity contribution in [3.05, 3.63) is 53.6 Å². The number of nitrogens with one attached hydrogen (secondary N) is 1. The number of carbonyl (C=O) groups is 1. The Kier molecular flexibility index (Phi) is 6.24. The Balaban J connectivity index is 1.58. The molecule has 0 bridgehead atoms. The van der Waals surface area contributed by atoms with Crippen LogP contribution in [0.5, 0.6) is 11.5 Å². The molecule has 27 heavy (non-hydrogen) atoms. The van der Waals surface area contributed by atoms with E-state index in [2.05, 4.69) is 16.1 Å². The topological polar surface area (TPSA) is 50.8 Å². The van der Waals surface area contributed by atoms with Crippen LogP contribution in [0.1, 0.15) is 17.5 Å². The fraction of sp³-hybridized carbons (Fsp3) is 0.350. The molecule has 0 saturated carbocycles. The number of hydrogen-bond donors (Lipinski definition) is 1. The van der Waals surface area contributed by atoms with Crippen LogP contribution >= 0.6 is 0 Å². The third-order valence-electron chi connectivity index (χ3n) is 4.46. The predicted molar refractivity (Wildman–Crippen MR) is 98.4 cm³/mol. The molecule has 0 atom stereocenters. The van der Waals surface area contributed by atoms with E-state index in [1.807, 2.05) is 23.1 Å². The summed E-state index contributed by atoms with van der Waals surface area (Å²) in [6.45, 7) is -1.60. The van der Waals surface area contributed by atoms with Crippen LogP contribution in [0.4, 0.5) is 14.5 Å². The zero-order chi connectivity index (χ0) is 19.2. The molecule has 1 aliphatic heterocycles. The summed E-state index contributed by atoms with van der Waals surface area (Å²) in [5.41, 5.74) is 2.97. The van der Waals surface area contributed by atoms with E-state index in [-0.39, 0.29) is 24.0 Å². The molecule has 1 heterocycles. The molecule has 1 aliphatic rings. The highest BCUT2D eigenvalue weighted by Crippen LogP contribution is 2.29. The van der Waals surface area contributed by atoms with E-state index in [1.54, 1.807) is 12.1 Å². The number of ether oxygens (including phenoxy) is 2. The number of rotatable bonds is 7. The number of nitrogens with zero attached hydrogens (tertiary/aromatic N) is 1. The van der Waals surface area contributed by atoms with E-state index in [9.17, 15) is 13.6 Å². The summed E-state index contributed by atoms with van der Waals surface area (Å²) in [7, 11) is 1.39. The molecule has 5 nitrogen and oxygen atoms in total. The van der Waals surface area contributed by atoms with Gasteiger partial charge in [0, 0.05) is 18.8 Å². The summed E-state index contributed by atoms with van der Waals surface area (Å²) in [5.74, 6) is 0.218. The fourth-order valence-corrected chi connectivity index (χ4v) is 3.22. The molecule has 144 valence electrons. The number of anilines is 1. The summed E-state index contributed by atoms with van der Waals surface area (Å²) in [6, 6.07) is 12.7.